The van der Waals surface area contributed by atoms with Crippen molar-refractivity contribution in [3.8, 4) is 0 Å². The maximum Gasteiger partial charge on any atom is 0.309 e. The number of hydrogen-bond donors (Lipinski definition) is 1. The molecule has 21 heavy (non-hydrogen) atoms. The van der Waals surface area contributed by atoms with Gasteiger partial charge < -0.3 is 10.1 Å². The Hall–Kier alpha value is -1.36. The highest BCUT2D eigenvalue weighted by Gasteiger charge is 2.31. The van der Waals surface area contributed by atoms with Crippen LogP contribution in [-0.2, 0) is 16.0 Å². The van der Waals surface area contributed by atoms with E-state index in [1.165, 1.54) is 7.11 Å². The van der Waals surface area contributed by atoms with Crippen LogP contribution in [0.15, 0.2) is 6.07 Å². The first-order valence-electron chi connectivity index (χ1n) is 7.49. The van der Waals surface area contributed by atoms with Crippen LogP contribution in [0.5, 0.6) is 0 Å². The van der Waals surface area contributed by atoms with Gasteiger partial charge in [0.05, 0.1) is 13.0 Å². The fourth-order valence-electron chi connectivity index (χ4n) is 2.86. The topological polar surface area (TPSA) is 64.1 Å². The largest absolute Gasteiger partial charge is 0.469 e. The number of esters is 1. The third-order valence-corrected chi connectivity index (χ3v) is 4.21. The first kappa shape index (κ1) is 16.0. The lowest BCUT2D eigenvalue weighted by Gasteiger charge is -2.29. The first-order valence-corrected chi connectivity index (χ1v) is 7.87. The zero-order chi connectivity index (χ0) is 15.2. The van der Waals surface area contributed by atoms with Crippen LogP contribution in [0.25, 0.3) is 0 Å². The molecule has 1 aromatic rings. The molecule has 0 radical (unpaired) electrons. The highest BCUT2D eigenvalue weighted by Crippen LogP contribution is 2.31. The van der Waals surface area contributed by atoms with Gasteiger partial charge in [-0.25, -0.2) is 9.97 Å². The van der Waals surface area contributed by atoms with Gasteiger partial charge in [0.1, 0.15) is 16.8 Å². The number of rotatable bonds is 5. The van der Waals surface area contributed by atoms with Gasteiger partial charge in [-0.15, -0.1) is 0 Å². The van der Waals surface area contributed by atoms with Crippen LogP contribution < -0.4 is 5.32 Å². The van der Waals surface area contributed by atoms with Crippen molar-refractivity contribution in [3.63, 3.8) is 0 Å². The van der Waals surface area contributed by atoms with Crippen molar-refractivity contribution in [3.05, 3.63) is 17.0 Å². The summed E-state index contributed by atoms with van der Waals surface area (Å²) in [6.07, 6.45) is 4.93. The van der Waals surface area contributed by atoms with Crippen molar-refractivity contribution in [2.75, 3.05) is 19.0 Å². The first-order chi connectivity index (χ1) is 10.1. The summed E-state index contributed by atoms with van der Waals surface area (Å²) in [5, 5.41) is 3.74. The number of hydrogen-bond acceptors (Lipinski definition) is 5. The second-order valence-corrected chi connectivity index (χ2v) is 5.79. The molecule has 5 nitrogen and oxygen atoms in total. The van der Waals surface area contributed by atoms with Crippen molar-refractivity contribution in [1.82, 2.24) is 9.97 Å². The van der Waals surface area contributed by atoms with E-state index in [0.29, 0.717) is 11.7 Å². The van der Waals surface area contributed by atoms with Gasteiger partial charge in [-0.05, 0) is 18.8 Å². The average molecular weight is 312 g/mol. The number of methoxy groups -OCH3 is 1. The molecule has 1 aliphatic rings. The monoisotopic (exact) mass is 311 g/mol. The van der Waals surface area contributed by atoms with E-state index in [9.17, 15) is 4.79 Å². The molecule has 0 bridgehead atoms. The van der Waals surface area contributed by atoms with Crippen LogP contribution in [-0.4, -0.2) is 29.6 Å². The van der Waals surface area contributed by atoms with E-state index < -0.39 is 0 Å². The second kappa shape index (κ2) is 7.59. The molecule has 1 aliphatic carbocycles. The summed E-state index contributed by atoms with van der Waals surface area (Å²) in [5.41, 5.74) is 0. The molecule has 2 unspecified atom stereocenters. The highest BCUT2D eigenvalue weighted by molar-refractivity contribution is 6.29. The van der Waals surface area contributed by atoms with Crippen LogP contribution in [0.1, 0.15) is 38.4 Å². The van der Waals surface area contributed by atoms with E-state index >= 15 is 0 Å². The molecular weight excluding hydrogens is 290 g/mol. The van der Waals surface area contributed by atoms with E-state index in [0.717, 1.165) is 43.7 Å². The zero-order valence-corrected chi connectivity index (χ0v) is 13.3. The molecule has 0 saturated heterocycles. The Morgan fingerprint density at radius 1 is 1.43 bits per heavy atom. The Balaban J connectivity index is 2.00. The number of halogens is 1. The summed E-state index contributed by atoms with van der Waals surface area (Å²) < 4.78 is 4.91. The van der Waals surface area contributed by atoms with E-state index in [1.807, 2.05) is 6.92 Å². The third-order valence-electron chi connectivity index (χ3n) is 4.02. The highest BCUT2D eigenvalue weighted by atomic mass is 35.5. The van der Waals surface area contributed by atoms with Gasteiger partial charge >= 0.3 is 5.97 Å². The molecule has 6 heteroatoms. The van der Waals surface area contributed by atoms with Crippen LogP contribution in [0.3, 0.4) is 0 Å². The molecule has 0 amide bonds. The zero-order valence-electron chi connectivity index (χ0n) is 12.6. The number of nitrogens with one attached hydrogen (secondary N) is 1. The number of nitrogens with zero attached hydrogens (tertiary/aromatic N) is 2. The fourth-order valence-corrected chi connectivity index (χ4v) is 3.06. The molecule has 0 aromatic carbocycles. The maximum atomic E-state index is 11.8. The quantitative estimate of drug-likeness (QED) is 0.668. The van der Waals surface area contributed by atoms with Gasteiger partial charge in [-0.3, -0.25) is 4.79 Å². The predicted octanol–water partition coefficient (Wildman–Crippen LogP) is 3.08. The fraction of sp³-hybridized carbons (Fsp3) is 0.667. The number of aromatic nitrogens is 2. The summed E-state index contributed by atoms with van der Waals surface area (Å²) in [4.78, 5) is 20.4. The summed E-state index contributed by atoms with van der Waals surface area (Å²) in [5.74, 6) is 1.61. The van der Waals surface area contributed by atoms with E-state index in [2.05, 4.69) is 15.3 Å². The van der Waals surface area contributed by atoms with Gasteiger partial charge in [-0.2, -0.15) is 0 Å². The van der Waals surface area contributed by atoms with Crippen molar-refractivity contribution in [2.24, 2.45) is 11.8 Å². The molecule has 1 heterocycles. The Morgan fingerprint density at radius 3 is 2.90 bits per heavy atom. The molecule has 0 spiro atoms. The smallest absolute Gasteiger partial charge is 0.309 e. The lowest BCUT2D eigenvalue weighted by atomic mass is 9.79. The number of ether oxygens (including phenoxy) is 1. The minimum atomic E-state index is -0.100. The second-order valence-electron chi connectivity index (χ2n) is 5.40. The molecular formula is C15H22ClN3O2. The normalized spacial score (nSPS) is 21.9. The molecule has 2 atom stereocenters. The summed E-state index contributed by atoms with van der Waals surface area (Å²) in [6, 6.07) is 1.72. The Kier molecular flexibility index (Phi) is 5.79. The van der Waals surface area contributed by atoms with Crippen molar-refractivity contribution in [1.29, 1.82) is 0 Å². The number of carbonyl (C=O) groups excluding carboxylic acids is 1. The van der Waals surface area contributed by atoms with Crippen LogP contribution >= 0.6 is 11.6 Å². The van der Waals surface area contributed by atoms with Gasteiger partial charge in [0.15, 0.2) is 0 Å². The van der Waals surface area contributed by atoms with Crippen LogP contribution in [0.2, 0.25) is 5.15 Å². The molecule has 116 valence electrons. The number of anilines is 1. The number of carbonyl (C=O) groups is 1. The van der Waals surface area contributed by atoms with E-state index in [1.54, 1.807) is 6.07 Å². The molecule has 1 N–H and O–H groups in total. The maximum absolute atomic E-state index is 11.8. The van der Waals surface area contributed by atoms with E-state index in [4.69, 9.17) is 16.3 Å². The predicted molar refractivity (Wildman–Crippen MR) is 82.4 cm³/mol. The molecule has 0 aliphatic heterocycles. The summed E-state index contributed by atoms with van der Waals surface area (Å²) in [7, 11) is 1.46. The minimum absolute atomic E-state index is 0.0146. The van der Waals surface area contributed by atoms with Gasteiger partial charge in [0.25, 0.3) is 0 Å². The van der Waals surface area contributed by atoms with Crippen LogP contribution in [0.4, 0.5) is 5.82 Å². The Labute approximate surface area is 130 Å². The Morgan fingerprint density at radius 2 is 2.19 bits per heavy atom. The van der Waals surface area contributed by atoms with Crippen molar-refractivity contribution < 1.29 is 9.53 Å². The molecule has 1 aromatic heterocycles. The lowest BCUT2D eigenvalue weighted by molar-refractivity contribution is -0.148. The van der Waals surface area contributed by atoms with E-state index in [-0.39, 0.29) is 17.8 Å². The minimum Gasteiger partial charge on any atom is -0.469 e. The molecule has 2 rings (SSSR count). The average Bonchev–Trinajstić information content (AvgIpc) is 2.51. The summed E-state index contributed by atoms with van der Waals surface area (Å²) >= 11 is 5.99. The van der Waals surface area contributed by atoms with Crippen molar-refractivity contribution in [2.45, 2.75) is 39.0 Å². The summed E-state index contributed by atoms with van der Waals surface area (Å²) in [6.45, 7) is 2.69. The van der Waals surface area contributed by atoms with Crippen LogP contribution in [0, 0.1) is 11.8 Å². The Bertz CT molecular complexity index is 496. The lowest BCUT2D eigenvalue weighted by Crippen LogP contribution is -2.32. The van der Waals surface area contributed by atoms with Gasteiger partial charge in [0.2, 0.25) is 0 Å². The van der Waals surface area contributed by atoms with Gasteiger partial charge in [0, 0.05) is 19.0 Å². The van der Waals surface area contributed by atoms with Crippen molar-refractivity contribution >= 4 is 23.4 Å². The third kappa shape index (κ3) is 4.30. The number of aryl methyl sites for hydroxylation is 1. The SMILES string of the molecule is CCc1nc(Cl)cc(NCC2CCCCC2C(=O)OC)n1. The molecule has 1 fully saturated rings. The molecule has 1 saturated carbocycles. The standard InChI is InChI=1S/C15H22ClN3O2/c1-3-13-18-12(16)8-14(19-13)17-9-10-6-4-5-7-11(10)15(20)21-2/h8,10-11H,3-7,9H2,1-2H3,(H,17,18,19). The van der Waals surface area contributed by atoms with Gasteiger partial charge in [-0.1, -0.05) is 31.4 Å².